The van der Waals surface area contributed by atoms with Crippen LogP contribution in [0.4, 0.5) is 0 Å². The van der Waals surface area contributed by atoms with Crippen LogP contribution < -0.4 is 10.1 Å². The molecule has 0 fully saturated rings. The van der Waals surface area contributed by atoms with Crippen molar-refractivity contribution in [3.63, 3.8) is 0 Å². The minimum atomic E-state index is 0.187. The molecule has 0 bridgehead atoms. The smallest absolute Gasteiger partial charge is 0.127 e. The van der Waals surface area contributed by atoms with Gasteiger partial charge in [-0.2, -0.15) is 0 Å². The first-order valence-electron chi connectivity index (χ1n) is 7.46. The minimum Gasteiger partial charge on any atom is -0.493 e. The van der Waals surface area contributed by atoms with Crippen molar-refractivity contribution in [3.05, 3.63) is 59.2 Å². The standard InChI is InChI=1S/C18H21NOS/c1-3-19-17(14-8-4-5-10-16(14)21-2)15-9-6-7-13-11-12-20-18(13)15/h4-10,17,19H,3,11-12H2,1-2H3. The molecule has 0 aliphatic carbocycles. The molecule has 110 valence electrons. The summed E-state index contributed by atoms with van der Waals surface area (Å²) in [6.45, 7) is 3.88. The maximum absolute atomic E-state index is 5.91. The van der Waals surface area contributed by atoms with Crippen LogP contribution in [0.3, 0.4) is 0 Å². The molecule has 1 atom stereocenters. The van der Waals surface area contributed by atoms with E-state index in [0.29, 0.717) is 0 Å². The van der Waals surface area contributed by atoms with Crippen LogP contribution in [-0.2, 0) is 6.42 Å². The summed E-state index contributed by atoms with van der Waals surface area (Å²) in [5, 5.41) is 3.63. The second kappa shape index (κ2) is 6.54. The second-order valence-electron chi connectivity index (χ2n) is 5.17. The van der Waals surface area contributed by atoms with Crippen LogP contribution in [0.5, 0.6) is 5.75 Å². The number of hydrogen-bond donors (Lipinski definition) is 1. The summed E-state index contributed by atoms with van der Waals surface area (Å²) in [7, 11) is 0. The van der Waals surface area contributed by atoms with Crippen molar-refractivity contribution < 1.29 is 4.74 Å². The number of para-hydroxylation sites is 1. The lowest BCUT2D eigenvalue weighted by Crippen LogP contribution is -2.23. The van der Waals surface area contributed by atoms with Crippen LogP contribution in [0, 0.1) is 0 Å². The van der Waals surface area contributed by atoms with Gasteiger partial charge in [0.05, 0.1) is 12.6 Å². The zero-order valence-electron chi connectivity index (χ0n) is 12.6. The Labute approximate surface area is 130 Å². The molecule has 0 saturated heterocycles. The van der Waals surface area contributed by atoms with E-state index in [1.165, 1.54) is 21.6 Å². The van der Waals surface area contributed by atoms with E-state index in [0.717, 1.165) is 25.3 Å². The molecule has 0 radical (unpaired) electrons. The molecule has 2 aromatic rings. The average Bonchev–Trinajstić information content (AvgIpc) is 3.01. The van der Waals surface area contributed by atoms with Crippen molar-refractivity contribution in [1.82, 2.24) is 5.32 Å². The summed E-state index contributed by atoms with van der Waals surface area (Å²) in [5.74, 6) is 1.08. The van der Waals surface area contributed by atoms with Crippen molar-refractivity contribution in [2.75, 3.05) is 19.4 Å². The Bertz CT molecular complexity index is 626. The first-order valence-corrected chi connectivity index (χ1v) is 8.68. The molecule has 1 aliphatic heterocycles. The molecule has 0 saturated carbocycles. The fourth-order valence-electron chi connectivity index (χ4n) is 2.96. The number of ether oxygens (including phenoxy) is 1. The summed E-state index contributed by atoms with van der Waals surface area (Å²) in [5.41, 5.74) is 3.92. The average molecular weight is 299 g/mol. The second-order valence-corrected chi connectivity index (χ2v) is 6.01. The lowest BCUT2D eigenvalue weighted by atomic mass is 9.95. The minimum absolute atomic E-state index is 0.187. The van der Waals surface area contributed by atoms with Gasteiger partial charge < -0.3 is 10.1 Å². The Hall–Kier alpha value is -1.45. The fourth-order valence-corrected chi connectivity index (χ4v) is 3.60. The molecule has 0 aromatic heterocycles. The molecule has 2 nitrogen and oxygen atoms in total. The molecule has 3 heteroatoms. The van der Waals surface area contributed by atoms with Gasteiger partial charge in [-0.25, -0.2) is 0 Å². The van der Waals surface area contributed by atoms with E-state index in [1.54, 1.807) is 11.8 Å². The number of rotatable bonds is 5. The maximum Gasteiger partial charge on any atom is 0.127 e. The van der Waals surface area contributed by atoms with Crippen LogP contribution in [-0.4, -0.2) is 19.4 Å². The van der Waals surface area contributed by atoms with Crippen molar-refractivity contribution >= 4 is 11.8 Å². The first kappa shape index (κ1) is 14.5. The van der Waals surface area contributed by atoms with Gasteiger partial charge in [0.2, 0.25) is 0 Å². The normalized spacial score (nSPS) is 14.6. The molecular formula is C18H21NOS. The number of thioether (sulfide) groups is 1. The largest absolute Gasteiger partial charge is 0.493 e. The Morgan fingerprint density at radius 2 is 1.95 bits per heavy atom. The number of fused-ring (bicyclic) bond motifs is 1. The molecule has 0 spiro atoms. The molecule has 1 aliphatic rings. The van der Waals surface area contributed by atoms with Gasteiger partial charge in [0.15, 0.2) is 0 Å². The van der Waals surface area contributed by atoms with Crippen LogP contribution in [0.2, 0.25) is 0 Å². The third-order valence-electron chi connectivity index (χ3n) is 3.91. The van der Waals surface area contributed by atoms with Crippen LogP contribution in [0.1, 0.15) is 29.7 Å². The Morgan fingerprint density at radius 1 is 1.14 bits per heavy atom. The lowest BCUT2D eigenvalue weighted by molar-refractivity contribution is 0.350. The molecular weight excluding hydrogens is 278 g/mol. The summed E-state index contributed by atoms with van der Waals surface area (Å²) >= 11 is 1.80. The van der Waals surface area contributed by atoms with E-state index in [2.05, 4.69) is 61.0 Å². The zero-order chi connectivity index (χ0) is 14.7. The molecule has 21 heavy (non-hydrogen) atoms. The third kappa shape index (κ3) is 2.81. The van der Waals surface area contributed by atoms with Gasteiger partial charge >= 0.3 is 0 Å². The molecule has 1 heterocycles. The Kier molecular flexibility index (Phi) is 4.51. The quantitative estimate of drug-likeness (QED) is 0.842. The molecule has 3 rings (SSSR count). The Morgan fingerprint density at radius 3 is 2.76 bits per heavy atom. The van der Waals surface area contributed by atoms with Gasteiger partial charge in [-0.3, -0.25) is 0 Å². The maximum atomic E-state index is 5.91. The van der Waals surface area contributed by atoms with Crippen molar-refractivity contribution in [1.29, 1.82) is 0 Å². The highest BCUT2D eigenvalue weighted by Gasteiger charge is 2.24. The molecule has 1 N–H and O–H groups in total. The monoisotopic (exact) mass is 299 g/mol. The third-order valence-corrected chi connectivity index (χ3v) is 4.73. The summed E-state index contributed by atoms with van der Waals surface area (Å²) < 4.78 is 5.91. The summed E-state index contributed by atoms with van der Waals surface area (Å²) in [6.07, 6.45) is 3.15. The van der Waals surface area contributed by atoms with Gasteiger partial charge in [0.1, 0.15) is 5.75 Å². The van der Waals surface area contributed by atoms with Crippen molar-refractivity contribution in [3.8, 4) is 5.75 Å². The van der Waals surface area contributed by atoms with E-state index in [1.807, 2.05) is 0 Å². The van der Waals surface area contributed by atoms with E-state index in [9.17, 15) is 0 Å². The van der Waals surface area contributed by atoms with Gasteiger partial charge in [-0.05, 0) is 30.0 Å². The van der Waals surface area contributed by atoms with Gasteiger partial charge in [0, 0.05) is 16.9 Å². The Balaban J connectivity index is 2.09. The predicted molar refractivity (Wildman–Crippen MR) is 89.4 cm³/mol. The van der Waals surface area contributed by atoms with Gasteiger partial charge in [0.25, 0.3) is 0 Å². The summed E-state index contributed by atoms with van der Waals surface area (Å²) in [4.78, 5) is 1.32. The lowest BCUT2D eigenvalue weighted by Gasteiger charge is -2.23. The van der Waals surface area contributed by atoms with E-state index in [-0.39, 0.29) is 6.04 Å². The highest BCUT2D eigenvalue weighted by atomic mass is 32.2. The van der Waals surface area contributed by atoms with E-state index < -0.39 is 0 Å². The van der Waals surface area contributed by atoms with Crippen molar-refractivity contribution in [2.24, 2.45) is 0 Å². The van der Waals surface area contributed by atoms with Crippen LogP contribution >= 0.6 is 11.8 Å². The highest BCUT2D eigenvalue weighted by Crippen LogP contribution is 2.38. The number of nitrogens with one attached hydrogen (secondary N) is 1. The topological polar surface area (TPSA) is 21.3 Å². The molecule has 0 amide bonds. The van der Waals surface area contributed by atoms with Crippen LogP contribution in [0.15, 0.2) is 47.4 Å². The van der Waals surface area contributed by atoms with E-state index >= 15 is 0 Å². The molecule has 1 unspecified atom stereocenters. The van der Waals surface area contributed by atoms with Crippen LogP contribution in [0.25, 0.3) is 0 Å². The number of benzene rings is 2. The van der Waals surface area contributed by atoms with Crippen molar-refractivity contribution in [2.45, 2.75) is 24.3 Å². The SMILES string of the molecule is CCNC(c1ccccc1SC)c1cccc2c1OCC2. The highest BCUT2D eigenvalue weighted by molar-refractivity contribution is 7.98. The predicted octanol–water partition coefficient (Wildman–Crippen LogP) is 4.04. The fraction of sp³-hybridized carbons (Fsp3) is 0.333. The number of hydrogen-bond acceptors (Lipinski definition) is 3. The zero-order valence-corrected chi connectivity index (χ0v) is 13.4. The molecule has 2 aromatic carbocycles. The van der Waals surface area contributed by atoms with Gasteiger partial charge in [-0.15, -0.1) is 11.8 Å². The summed E-state index contributed by atoms with van der Waals surface area (Å²) in [6, 6.07) is 15.3. The first-order chi connectivity index (χ1) is 10.3. The van der Waals surface area contributed by atoms with Gasteiger partial charge in [-0.1, -0.05) is 43.3 Å². The van der Waals surface area contributed by atoms with E-state index in [4.69, 9.17) is 4.74 Å².